The lowest BCUT2D eigenvalue weighted by molar-refractivity contribution is -0.121. The first kappa shape index (κ1) is 16.3. The standard InChI is InChI=1S/C10H23N3O3S/c1-6-7-9(2)11-10(14)8-13(5)17(15,16)12(3)4/h9H,6-8H2,1-5H3,(H,11,14)/t9-/m0/s1. The molecule has 17 heavy (non-hydrogen) atoms. The maximum Gasteiger partial charge on any atom is 0.281 e. The fourth-order valence-electron chi connectivity index (χ4n) is 1.39. The van der Waals surface area contributed by atoms with Crippen LogP contribution in [0.2, 0.25) is 0 Å². The third-order valence-electron chi connectivity index (χ3n) is 2.35. The Bertz CT molecular complexity index is 341. The largest absolute Gasteiger partial charge is 0.353 e. The van der Waals surface area contributed by atoms with E-state index in [1.165, 1.54) is 21.1 Å². The van der Waals surface area contributed by atoms with E-state index in [-0.39, 0.29) is 18.5 Å². The monoisotopic (exact) mass is 265 g/mol. The van der Waals surface area contributed by atoms with E-state index in [9.17, 15) is 13.2 Å². The first-order valence-electron chi connectivity index (χ1n) is 5.65. The highest BCUT2D eigenvalue weighted by Gasteiger charge is 2.22. The van der Waals surface area contributed by atoms with Crippen molar-refractivity contribution in [2.24, 2.45) is 0 Å². The van der Waals surface area contributed by atoms with E-state index in [2.05, 4.69) is 5.32 Å². The van der Waals surface area contributed by atoms with Crippen LogP contribution in [0.4, 0.5) is 0 Å². The van der Waals surface area contributed by atoms with Crippen LogP contribution in [0.15, 0.2) is 0 Å². The molecule has 0 aromatic carbocycles. The summed E-state index contributed by atoms with van der Waals surface area (Å²) in [6.07, 6.45) is 1.86. The number of amides is 1. The van der Waals surface area contributed by atoms with Gasteiger partial charge in [0.1, 0.15) is 0 Å². The molecule has 1 amide bonds. The molecule has 0 radical (unpaired) electrons. The summed E-state index contributed by atoms with van der Waals surface area (Å²) in [5.41, 5.74) is 0. The van der Waals surface area contributed by atoms with Gasteiger partial charge in [0.2, 0.25) is 5.91 Å². The average molecular weight is 265 g/mol. The first-order chi connectivity index (χ1) is 7.71. The molecule has 0 aromatic heterocycles. The van der Waals surface area contributed by atoms with Crippen LogP contribution in [0, 0.1) is 0 Å². The second kappa shape index (κ2) is 6.93. The second-order valence-electron chi connectivity index (χ2n) is 4.30. The van der Waals surface area contributed by atoms with Crippen molar-refractivity contribution in [3.8, 4) is 0 Å². The maximum atomic E-state index is 11.6. The van der Waals surface area contributed by atoms with E-state index >= 15 is 0 Å². The highest BCUT2D eigenvalue weighted by molar-refractivity contribution is 7.86. The number of rotatable bonds is 7. The second-order valence-corrected chi connectivity index (χ2v) is 6.55. The Hall–Kier alpha value is -0.660. The minimum absolute atomic E-state index is 0.0722. The van der Waals surface area contributed by atoms with Crippen molar-refractivity contribution in [2.45, 2.75) is 32.7 Å². The normalized spacial score (nSPS) is 14.1. The minimum atomic E-state index is -3.51. The molecule has 0 saturated carbocycles. The van der Waals surface area contributed by atoms with Gasteiger partial charge in [0, 0.05) is 27.2 Å². The molecule has 102 valence electrons. The first-order valence-corrected chi connectivity index (χ1v) is 7.04. The molecule has 0 aliphatic rings. The van der Waals surface area contributed by atoms with Gasteiger partial charge in [0.05, 0.1) is 6.54 Å². The molecule has 0 fully saturated rings. The van der Waals surface area contributed by atoms with Crippen LogP contribution in [0.25, 0.3) is 0 Å². The van der Waals surface area contributed by atoms with E-state index < -0.39 is 10.2 Å². The van der Waals surface area contributed by atoms with Crippen LogP contribution in [0.5, 0.6) is 0 Å². The van der Waals surface area contributed by atoms with Crippen molar-refractivity contribution in [3.63, 3.8) is 0 Å². The van der Waals surface area contributed by atoms with Crippen LogP contribution in [0.3, 0.4) is 0 Å². The topological polar surface area (TPSA) is 69.7 Å². The van der Waals surface area contributed by atoms with Crippen molar-refractivity contribution >= 4 is 16.1 Å². The Morgan fingerprint density at radius 3 is 2.24 bits per heavy atom. The van der Waals surface area contributed by atoms with Crippen LogP contribution < -0.4 is 5.32 Å². The van der Waals surface area contributed by atoms with Crippen LogP contribution in [0.1, 0.15) is 26.7 Å². The zero-order valence-corrected chi connectivity index (χ0v) is 12.0. The van der Waals surface area contributed by atoms with Gasteiger partial charge in [0.15, 0.2) is 0 Å². The minimum Gasteiger partial charge on any atom is -0.353 e. The molecular weight excluding hydrogens is 242 g/mol. The summed E-state index contributed by atoms with van der Waals surface area (Å²) in [6, 6.07) is 0.0722. The van der Waals surface area contributed by atoms with Gasteiger partial charge in [0.25, 0.3) is 10.2 Å². The number of hydrogen-bond acceptors (Lipinski definition) is 3. The van der Waals surface area contributed by atoms with Gasteiger partial charge in [-0.1, -0.05) is 13.3 Å². The summed E-state index contributed by atoms with van der Waals surface area (Å²) in [7, 11) is 0.742. The van der Waals surface area contributed by atoms with E-state index in [0.29, 0.717) is 0 Å². The molecule has 0 aliphatic heterocycles. The van der Waals surface area contributed by atoms with Gasteiger partial charge in [-0.25, -0.2) is 0 Å². The van der Waals surface area contributed by atoms with Crippen molar-refractivity contribution in [1.29, 1.82) is 0 Å². The summed E-state index contributed by atoms with van der Waals surface area (Å²) < 4.78 is 25.4. The lowest BCUT2D eigenvalue weighted by atomic mass is 10.2. The van der Waals surface area contributed by atoms with E-state index in [1.807, 2.05) is 13.8 Å². The van der Waals surface area contributed by atoms with E-state index in [4.69, 9.17) is 0 Å². The molecule has 0 heterocycles. The highest BCUT2D eigenvalue weighted by Crippen LogP contribution is 2.01. The highest BCUT2D eigenvalue weighted by atomic mass is 32.2. The van der Waals surface area contributed by atoms with Crippen molar-refractivity contribution < 1.29 is 13.2 Å². The lowest BCUT2D eigenvalue weighted by Crippen LogP contribution is -2.45. The fourth-order valence-corrected chi connectivity index (χ4v) is 2.23. The predicted molar refractivity (Wildman–Crippen MR) is 67.7 cm³/mol. The Morgan fingerprint density at radius 2 is 1.82 bits per heavy atom. The molecule has 1 N–H and O–H groups in total. The molecule has 7 heteroatoms. The zero-order valence-electron chi connectivity index (χ0n) is 11.2. The third-order valence-corrected chi connectivity index (χ3v) is 4.19. The summed E-state index contributed by atoms with van der Waals surface area (Å²) in [4.78, 5) is 11.6. The smallest absolute Gasteiger partial charge is 0.281 e. The van der Waals surface area contributed by atoms with Crippen LogP contribution in [-0.2, 0) is 15.0 Å². The van der Waals surface area contributed by atoms with Crippen molar-refractivity contribution in [2.75, 3.05) is 27.7 Å². The number of carbonyl (C=O) groups is 1. The van der Waals surface area contributed by atoms with E-state index in [0.717, 1.165) is 21.5 Å². The quantitative estimate of drug-likeness (QED) is 0.706. The molecule has 1 atom stereocenters. The van der Waals surface area contributed by atoms with Crippen LogP contribution in [-0.4, -0.2) is 56.7 Å². The molecule has 0 rings (SSSR count). The van der Waals surface area contributed by atoms with Crippen molar-refractivity contribution in [1.82, 2.24) is 13.9 Å². The molecule has 0 aromatic rings. The summed E-state index contributed by atoms with van der Waals surface area (Å²) in [5, 5.41) is 2.76. The van der Waals surface area contributed by atoms with Gasteiger partial charge in [-0.05, 0) is 13.3 Å². The van der Waals surface area contributed by atoms with Crippen molar-refractivity contribution in [3.05, 3.63) is 0 Å². The average Bonchev–Trinajstić information content (AvgIpc) is 2.16. The van der Waals surface area contributed by atoms with Gasteiger partial charge in [-0.3, -0.25) is 4.79 Å². The molecule has 0 spiro atoms. The number of carbonyl (C=O) groups excluding carboxylic acids is 1. The Kier molecular flexibility index (Phi) is 6.66. The number of nitrogens with zero attached hydrogens (tertiary/aromatic N) is 2. The molecule has 0 bridgehead atoms. The predicted octanol–water partition coefficient (Wildman–Crippen LogP) is 0.0294. The number of nitrogens with one attached hydrogen (secondary N) is 1. The third kappa shape index (κ3) is 5.47. The molecular formula is C10H23N3O3S. The van der Waals surface area contributed by atoms with Gasteiger partial charge in [-0.15, -0.1) is 0 Å². The van der Waals surface area contributed by atoms with Gasteiger partial charge < -0.3 is 5.32 Å². The van der Waals surface area contributed by atoms with Crippen LogP contribution >= 0.6 is 0 Å². The Morgan fingerprint density at radius 1 is 1.29 bits per heavy atom. The SMILES string of the molecule is CCC[C@H](C)NC(=O)CN(C)S(=O)(=O)N(C)C. The van der Waals surface area contributed by atoms with E-state index in [1.54, 1.807) is 0 Å². The molecule has 0 saturated heterocycles. The lowest BCUT2D eigenvalue weighted by Gasteiger charge is -2.21. The Balaban J connectivity index is 4.31. The number of likely N-dealkylation sites (N-methyl/N-ethyl adjacent to an activating group) is 1. The zero-order chi connectivity index (χ0) is 13.6. The Labute approximate surface area is 104 Å². The summed E-state index contributed by atoms with van der Waals surface area (Å²) >= 11 is 0. The molecule has 0 unspecified atom stereocenters. The molecule has 6 nitrogen and oxygen atoms in total. The molecule has 0 aliphatic carbocycles. The fraction of sp³-hybridized carbons (Fsp3) is 0.900. The summed E-state index contributed by atoms with van der Waals surface area (Å²) in [6.45, 7) is 3.78. The summed E-state index contributed by atoms with van der Waals surface area (Å²) in [5.74, 6) is -0.279. The van der Waals surface area contributed by atoms with Gasteiger partial charge >= 0.3 is 0 Å². The van der Waals surface area contributed by atoms with Gasteiger partial charge in [-0.2, -0.15) is 17.0 Å². The number of hydrogen-bond donors (Lipinski definition) is 1. The maximum absolute atomic E-state index is 11.6.